The maximum atomic E-state index is 12.7. The monoisotopic (exact) mass is 266 g/mol. The van der Waals surface area contributed by atoms with E-state index < -0.39 is 11.7 Å². The van der Waals surface area contributed by atoms with Crippen LogP contribution in [0.15, 0.2) is 18.2 Å². The van der Waals surface area contributed by atoms with E-state index in [1.807, 2.05) is 6.92 Å². The van der Waals surface area contributed by atoms with Gasteiger partial charge in [0.25, 0.3) is 0 Å². The largest absolute Gasteiger partial charge is 0.417 e. The zero-order valence-electron chi connectivity index (χ0n) is 10.5. The highest BCUT2D eigenvalue weighted by molar-refractivity contribution is 5.55. The van der Waals surface area contributed by atoms with Gasteiger partial charge in [-0.2, -0.15) is 18.4 Å². The third-order valence-electron chi connectivity index (χ3n) is 2.57. The van der Waals surface area contributed by atoms with Crippen LogP contribution in [0.3, 0.4) is 0 Å². The molecule has 19 heavy (non-hydrogen) atoms. The summed E-state index contributed by atoms with van der Waals surface area (Å²) in [4.78, 5) is 1.76. The molecule has 100 valence electrons. The lowest BCUT2D eigenvalue weighted by Gasteiger charge is -2.22. The minimum atomic E-state index is -4.52. The van der Waals surface area contributed by atoms with Crippen molar-refractivity contribution in [3.05, 3.63) is 29.3 Å². The van der Waals surface area contributed by atoms with Crippen molar-refractivity contribution >= 4 is 5.69 Å². The molecular weight excluding hydrogens is 253 g/mol. The molecule has 0 fully saturated rings. The summed E-state index contributed by atoms with van der Waals surface area (Å²) in [5.74, 6) is 2.45. The molecule has 1 aromatic carbocycles. The zero-order chi connectivity index (χ0) is 14.5. The minimum Gasteiger partial charge on any atom is -0.360 e. The Balaban J connectivity index is 3.20. The van der Waals surface area contributed by atoms with Gasteiger partial charge in [-0.1, -0.05) is 12.8 Å². The zero-order valence-corrected chi connectivity index (χ0v) is 10.5. The van der Waals surface area contributed by atoms with Crippen molar-refractivity contribution in [3.8, 4) is 18.4 Å². The third-order valence-corrected chi connectivity index (χ3v) is 2.57. The summed E-state index contributed by atoms with van der Waals surface area (Å²) in [5, 5.41) is 8.84. The van der Waals surface area contributed by atoms with Crippen LogP contribution < -0.4 is 4.90 Å². The second-order valence-corrected chi connectivity index (χ2v) is 3.97. The standard InChI is InChI=1S/C14H13F3N2/c1-3-7-19(8-4-2)12-5-6-13(14(15,16)17)11(9-12)10-18/h1,5-6,9H,4,7-8H2,2H3. The molecule has 0 amide bonds. The molecule has 0 spiro atoms. The van der Waals surface area contributed by atoms with Gasteiger partial charge in [-0.25, -0.2) is 0 Å². The summed E-state index contributed by atoms with van der Waals surface area (Å²) in [6.07, 6.45) is 1.52. The molecule has 0 heterocycles. The average molecular weight is 266 g/mol. The fourth-order valence-electron chi connectivity index (χ4n) is 1.75. The molecule has 0 radical (unpaired) electrons. The van der Waals surface area contributed by atoms with E-state index in [1.165, 1.54) is 12.1 Å². The molecule has 0 aromatic heterocycles. The minimum absolute atomic E-state index is 0.296. The lowest BCUT2D eigenvalue weighted by Crippen LogP contribution is -2.24. The van der Waals surface area contributed by atoms with Gasteiger partial charge in [-0.3, -0.25) is 0 Å². The van der Waals surface area contributed by atoms with E-state index in [0.29, 0.717) is 18.8 Å². The Morgan fingerprint density at radius 1 is 1.37 bits per heavy atom. The maximum Gasteiger partial charge on any atom is 0.417 e. The highest BCUT2D eigenvalue weighted by Crippen LogP contribution is 2.33. The van der Waals surface area contributed by atoms with Gasteiger partial charge in [0.1, 0.15) is 0 Å². The average Bonchev–Trinajstić information content (AvgIpc) is 2.36. The summed E-state index contributed by atoms with van der Waals surface area (Å²) in [7, 11) is 0. The van der Waals surface area contributed by atoms with E-state index in [-0.39, 0.29) is 5.56 Å². The highest BCUT2D eigenvalue weighted by Gasteiger charge is 2.33. The normalized spacial score (nSPS) is 10.6. The molecule has 1 rings (SSSR count). The number of halogens is 3. The van der Waals surface area contributed by atoms with E-state index in [9.17, 15) is 13.2 Å². The van der Waals surface area contributed by atoms with Crippen LogP contribution in [0.5, 0.6) is 0 Å². The van der Waals surface area contributed by atoms with Gasteiger partial charge in [0.05, 0.1) is 23.7 Å². The summed E-state index contributed by atoms with van der Waals surface area (Å²) < 4.78 is 38.0. The molecule has 1 aromatic rings. The summed E-state index contributed by atoms with van der Waals surface area (Å²) in [6, 6.07) is 5.08. The number of hydrogen-bond donors (Lipinski definition) is 0. The van der Waals surface area contributed by atoms with Crippen LogP contribution in [0.25, 0.3) is 0 Å². The number of nitriles is 1. The van der Waals surface area contributed by atoms with E-state index in [4.69, 9.17) is 11.7 Å². The van der Waals surface area contributed by atoms with Gasteiger partial charge < -0.3 is 4.90 Å². The summed E-state index contributed by atoms with van der Waals surface area (Å²) >= 11 is 0. The molecule has 0 unspecified atom stereocenters. The third kappa shape index (κ3) is 3.66. The van der Waals surface area contributed by atoms with Crippen molar-refractivity contribution < 1.29 is 13.2 Å². The fraction of sp³-hybridized carbons (Fsp3) is 0.357. The van der Waals surface area contributed by atoms with Crippen LogP contribution in [0, 0.1) is 23.7 Å². The molecule has 0 aliphatic carbocycles. The van der Waals surface area contributed by atoms with Crippen molar-refractivity contribution in [2.24, 2.45) is 0 Å². The topological polar surface area (TPSA) is 27.0 Å². The van der Waals surface area contributed by atoms with Gasteiger partial charge in [0.15, 0.2) is 0 Å². The number of benzene rings is 1. The summed E-state index contributed by atoms with van der Waals surface area (Å²) in [6.45, 7) is 2.86. The molecule has 0 atom stereocenters. The second kappa shape index (κ2) is 6.15. The summed E-state index contributed by atoms with van der Waals surface area (Å²) in [5.41, 5.74) is -0.775. The number of anilines is 1. The molecular formula is C14H13F3N2. The van der Waals surface area contributed by atoms with E-state index in [2.05, 4.69) is 5.92 Å². The van der Waals surface area contributed by atoms with Gasteiger partial charge >= 0.3 is 6.18 Å². The predicted octanol–water partition coefficient (Wildman–Crippen LogP) is 3.43. The fourth-order valence-corrected chi connectivity index (χ4v) is 1.75. The number of rotatable bonds is 4. The Hall–Kier alpha value is -2.14. The smallest absolute Gasteiger partial charge is 0.360 e. The highest BCUT2D eigenvalue weighted by atomic mass is 19.4. The van der Waals surface area contributed by atoms with Crippen LogP contribution >= 0.6 is 0 Å². The number of hydrogen-bond acceptors (Lipinski definition) is 2. The van der Waals surface area contributed by atoms with Gasteiger partial charge in [-0.05, 0) is 24.6 Å². The first-order valence-electron chi connectivity index (χ1n) is 5.73. The number of alkyl halides is 3. The van der Waals surface area contributed by atoms with E-state index in [0.717, 1.165) is 12.5 Å². The van der Waals surface area contributed by atoms with Crippen LogP contribution in [0.1, 0.15) is 24.5 Å². The molecule has 5 heteroatoms. The van der Waals surface area contributed by atoms with Crippen LogP contribution in [-0.2, 0) is 6.18 Å². The van der Waals surface area contributed by atoms with E-state index >= 15 is 0 Å². The molecule has 0 saturated carbocycles. The Labute approximate surface area is 110 Å². The van der Waals surface area contributed by atoms with Gasteiger partial charge in [0, 0.05) is 12.2 Å². The Kier molecular flexibility index (Phi) is 4.83. The van der Waals surface area contributed by atoms with Crippen molar-refractivity contribution in [1.29, 1.82) is 5.26 Å². The Morgan fingerprint density at radius 2 is 2.05 bits per heavy atom. The molecule has 0 aliphatic heterocycles. The van der Waals surface area contributed by atoms with Gasteiger partial charge in [-0.15, -0.1) is 6.42 Å². The van der Waals surface area contributed by atoms with Crippen LogP contribution in [-0.4, -0.2) is 13.1 Å². The Morgan fingerprint density at radius 3 is 2.53 bits per heavy atom. The van der Waals surface area contributed by atoms with Crippen LogP contribution in [0.2, 0.25) is 0 Å². The second-order valence-electron chi connectivity index (χ2n) is 3.97. The van der Waals surface area contributed by atoms with Crippen molar-refractivity contribution in [2.45, 2.75) is 19.5 Å². The first kappa shape index (κ1) is 14.9. The molecule has 0 N–H and O–H groups in total. The number of nitrogens with zero attached hydrogens (tertiary/aromatic N) is 2. The molecule has 2 nitrogen and oxygen atoms in total. The molecule has 0 saturated heterocycles. The number of terminal acetylenes is 1. The first-order chi connectivity index (χ1) is 8.93. The first-order valence-corrected chi connectivity index (χ1v) is 5.73. The van der Waals surface area contributed by atoms with Crippen molar-refractivity contribution in [2.75, 3.05) is 18.0 Å². The van der Waals surface area contributed by atoms with E-state index in [1.54, 1.807) is 11.0 Å². The molecule has 0 bridgehead atoms. The quantitative estimate of drug-likeness (QED) is 0.781. The predicted molar refractivity (Wildman–Crippen MR) is 67.5 cm³/mol. The SMILES string of the molecule is C#CCN(CCC)c1ccc(C(F)(F)F)c(C#N)c1. The molecule has 0 aliphatic rings. The van der Waals surface area contributed by atoms with Gasteiger partial charge in [0.2, 0.25) is 0 Å². The lowest BCUT2D eigenvalue weighted by atomic mass is 10.1. The van der Waals surface area contributed by atoms with Crippen molar-refractivity contribution in [3.63, 3.8) is 0 Å². The lowest BCUT2D eigenvalue weighted by molar-refractivity contribution is -0.137. The van der Waals surface area contributed by atoms with Crippen LogP contribution in [0.4, 0.5) is 18.9 Å². The van der Waals surface area contributed by atoms with Crippen molar-refractivity contribution in [1.82, 2.24) is 0 Å². The Bertz CT molecular complexity index is 521. The maximum absolute atomic E-state index is 12.7.